The summed E-state index contributed by atoms with van der Waals surface area (Å²) < 4.78 is 1.97. The Balaban J connectivity index is 1.69. The highest BCUT2D eigenvalue weighted by Crippen LogP contribution is 2.30. The van der Waals surface area contributed by atoms with Gasteiger partial charge in [0.1, 0.15) is 11.5 Å². The van der Waals surface area contributed by atoms with Gasteiger partial charge in [-0.2, -0.15) is 0 Å². The first-order valence-electron chi connectivity index (χ1n) is 9.17. The molecule has 0 saturated heterocycles. The van der Waals surface area contributed by atoms with Crippen molar-refractivity contribution in [1.82, 2.24) is 19.7 Å². The Kier molecular flexibility index (Phi) is 4.76. The van der Waals surface area contributed by atoms with Crippen molar-refractivity contribution in [3.63, 3.8) is 0 Å². The van der Waals surface area contributed by atoms with E-state index in [1.807, 2.05) is 79.0 Å². The summed E-state index contributed by atoms with van der Waals surface area (Å²) in [6.07, 6.45) is 5.34. The summed E-state index contributed by atoms with van der Waals surface area (Å²) in [5.41, 5.74) is 4.12. The van der Waals surface area contributed by atoms with Gasteiger partial charge in [-0.1, -0.05) is 30.3 Å². The molecule has 4 aromatic rings. The largest absolute Gasteiger partial charge is 0.350 e. The zero-order valence-corrected chi connectivity index (χ0v) is 15.8. The van der Waals surface area contributed by atoms with E-state index < -0.39 is 0 Å². The number of hydrogen-bond donors (Lipinski definition) is 2. The molecule has 0 aliphatic heterocycles. The number of nitrogens with one attached hydrogen (secondary N) is 2. The van der Waals surface area contributed by atoms with Crippen LogP contribution in [0.4, 0.5) is 11.5 Å². The molecule has 1 amide bonds. The standard InChI is InChI=1S/C22H21N5O/c1-15(2)24-22(28)17-8-10-18(11-9-17)25-21-20(16-6-4-3-5-7-16)26-19-14-23-12-13-27(19)21/h3-15,25H,1-2H3,(H,24,28). The highest BCUT2D eigenvalue weighted by atomic mass is 16.1. The molecule has 6 nitrogen and oxygen atoms in total. The zero-order chi connectivity index (χ0) is 19.5. The molecular formula is C22H21N5O. The first kappa shape index (κ1) is 17.7. The van der Waals surface area contributed by atoms with E-state index in [1.165, 1.54) is 0 Å². The molecule has 2 aromatic carbocycles. The molecule has 0 aliphatic rings. The average molecular weight is 371 g/mol. The van der Waals surface area contributed by atoms with Crippen molar-refractivity contribution in [2.45, 2.75) is 19.9 Å². The van der Waals surface area contributed by atoms with Crippen LogP contribution < -0.4 is 10.6 Å². The summed E-state index contributed by atoms with van der Waals surface area (Å²) in [7, 11) is 0. The van der Waals surface area contributed by atoms with E-state index in [4.69, 9.17) is 4.98 Å². The Bertz CT molecular complexity index is 1100. The highest BCUT2D eigenvalue weighted by Gasteiger charge is 2.14. The Morgan fingerprint density at radius 1 is 1.04 bits per heavy atom. The van der Waals surface area contributed by atoms with Gasteiger partial charge in [0.2, 0.25) is 0 Å². The van der Waals surface area contributed by atoms with Crippen molar-refractivity contribution in [3.05, 3.63) is 78.8 Å². The van der Waals surface area contributed by atoms with Crippen LogP contribution in [0.15, 0.2) is 73.2 Å². The minimum Gasteiger partial charge on any atom is -0.350 e. The van der Waals surface area contributed by atoms with Gasteiger partial charge in [-0.25, -0.2) is 4.98 Å². The molecule has 0 fully saturated rings. The second kappa shape index (κ2) is 7.52. The molecule has 2 N–H and O–H groups in total. The number of hydrogen-bond acceptors (Lipinski definition) is 4. The molecule has 0 radical (unpaired) electrons. The zero-order valence-electron chi connectivity index (χ0n) is 15.8. The maximum atomic E-state index is 12.1. The molecule has 2 heterocycles. The van der Waals surface area contributed by atoms with E-state index in [2.05, 4.69) is 15.6 Å². The van der Waals surface area contributed by atoms with Crippen LogP contribution in [0.1, 0.15) is 24.2 Å². The van der Waals surface area contributed by atoms with Crippen LogP contribution in [0.2, 0.25) is 0 Å². The monoisotopic (exact) mass is 371 g/mol. The molecule has 28 heavy (non-hydrogen) atoms. The number of amides is 1. The third kappa shape index (κ3) is 3.57. The third-order valence-corrected chi connectivity index (χ3v) is 4.31. The molecule has 4 rings (SSSR count). The van der Waals surface area contributed by atoms with E-state index >= 15 is 0 Å². The Morgan fingerprint density at radius 2 is 1.79 bits per heavy atom. The predicted octanol–water partition coefficient (Wildman–Crippen LogP) is 4.28. The normalized spacial score (nSPS) is 11.0. The number of fused-ring (bicyclic) bond motifs is 1. The summed E-state index contributed by atoms with van der Waals surface area (Å²) in [4.78, 5) is 21.0. The lowest BCUT2D eigenvalue weighted by Crippen LogP contribution is -2.29. The van der Waals surface area contributed by atoms with E-state index in [1.54, 1.807) is 12.4 Å². The van der Waals surface area contributed by atoms with Crippen molar-refractivity contribution in [3.8, 4) is 11.3 Å². The van der Waals surface area contributed by atoms with Crippen molar-refractivity contribution in [2.75, 3.05) is 5.32 Å². The van der Waals surface area contributed by atoms with Gasteiger partial charge in [0, 0.05) is 35.2 Å². The van der Waals surface area contributed by atoms with Crippen LogP contribution in [-0.4, -0.2) is 26.3 Å². The lowest BCUT2D eigenvalue weighted by Gasteiger charge is -2.11. The number of carbonyl (C=O) groups is 1. The smallest absolute Gasteiger partial charge is 0.251 e. The minimum atomic E-state index is -0.0765. The number of rotatable bonds is 5. The fourth-order valence-electron chi connectivity index (χ4n) is 3.01. The number of benzene rings is 2. The topological polar surface area (TPSA) is 71.3 Å². The van der Waals surface area contributed by atoms with Gasteiger partial charge in [-0.15, -0.1) is 0 Å². The first-order valence-corrected chi connectivity index (χ1v) is 9.17. The Labute approximate surface area is 163 Å². The predicted molar refractivity (Wildman–Crippen MR) is 111 cm³/mol. The van der Waals surface area contributed by atoms with Crippen LogP contribution in [-0.2, 0) is 0 Å². The summed E-state index contributed by atoms with van der Waals surface area (Å²) in [5, 5.41) is 6.34. The second-order valence-corrected chi connectivity index (χ2v) is 6.81. The molecule has 0 aliphatic carbocycles. The van der Waals surface area contributed by atoms with Crippen LogP contribution in [0, 0.1) is 0 Å². The number of carbonyl (C=O) groups excluding carboxylic acids is 1. The fourth-order valence-corrected chi connectivity index (χ4v) is 3.01. The van der Waals surface area contributed by atoms with E-state index in [-0.39, 0.29) is 11.9 Å². The quantitative estimate of drug-likeness (QED) is 0.549. The maximum absolute atomic E-state index is 12.1. The maximum Gasteiger partial charge on any atom is 0.251 e. The molecule has 0 unspecified atom stereocenters. The second-order valence-electron chi connectivity index (χ2n) is 6.81. The van der Waals surface area contributed by atoms with Gasteiger partial charge in [0.15, 0.2) is 5.65 Å². The van der Waals surface area contributed by atoms with Crippen LogP contribution in [0.3, 0.4) is 0 Å². The van der Waals surface area contributed by atoms with Crippen LogP contribution in [0.25, 0.3) is 16.9 Å². The highest BCUT2D eigenvalue weighted by molar-refractivity contribution is 5.94. The summed E-state index contributed by atoms with van der Waals surface area (Å²) in [5.74, 6) is 0.774. The van der Waals surface area contributed by atoms with Gasteiger partial charge < -0.3 is 10.6 Å². The van der Waals surface area contributed by atoms with E-state index in [9.17, 15) is 4.79 Å². The van der Waals surface area contributed by atoms with Gasteiger partial charge in [-0.3, -0.25) is 14.2 Å². The summed E-state index contributed by atoms with van der Waals surface area (Å²) in [6, 6.07) is 17.5. The molecular weight excluding hydrogens is 350 g/mol. The van der Waals surface area contributed by atoms with Gasteiger partial charge in [0.05, 0.1) is 6.20 Å². The van der Waals surface area contributed by atoms with E-state index in [0.717, 1.165) is 28.4 Å². The summed E-state index contributed by atoms with van der Waals surface area (Å²) >= 11 is 0. The van der Waals surface area contributed by atoms with Crippen molar-refractivity contribution in [2.24, 2.45) is 0 Å². The number of anilines is 2. The number of imidazole rings is 1. The Morgan fingerprint density at radius 3 is 2.50 bits per heavy atom. The van der Waals surface area contributed by atoms with Crippen molar-refractivity contribution in [1.29, 1.82) is 0 Å². The molecule has 0 spiro atoms. The number of aromatic nitrogens is 3. The molecule has 0 saturated carbocycles. The SMILES string of the molecule is CC(C)NC(=O)c1ccc(Nc2c(-c3ccccc3)nc3cnccn23)cc1. The Hall–Kier alpha value is -3.67. The molecule has 2 aromatic heterocycles. The molecule has 0 atom stereocenters. The van der Waals surface area contributed by atoms with Crippen molar-refractivity contribution >= 4 is 23.1 Å². The lowest BCUT2D eigenvalue weighted by molar-refractivity contribution is 0.0943. The number of nitrogens with zero attached hydrogens (tertiary/aromatic N) is 3. The van der Waals surface area contributed by atoms with Gasteiger partial charge in [-0.05, 0) is 38.1 Å². The lowest BCUT2D eigenvalue weighted by atomic mass is 10.1. The summed E-state index contributed by atoms with van der Waals surface area (Å²) in [6.45, 7) is 3.89. The average Bonchev–Trinajstić information content (AvgIpc) is 3.07. The van der Waals surface area contributed by atoms with Crippen LogP contribution in [0.5, 0.6) is 0 Å². The van der Waals surface area contributed by atoms with E-state index in [0.29, 0.717) is 5.56 Å². The molecule has 0 bridgehead atoms. The molecule has 140 valence electrons. The first-order chi connectivity index (χ1) is 13.6. The molecule has 6 heteroatoms. The fraction of sp³-hybridized carbons (Fsp3) is 0.136. The minimum absolute atomic E-state index is 0.0765. The van der Waals surface area contributed by atoms with Crippen molar-refractivity contribution < 1.29 is 4.79 Å². The van der Waals surface area contributed by atoms with Gasteiger partial charge in [0.25, 0.3) is 5.91 Å². The van der Waals surface area contributed by atoms with Crippen LogP contribution >= 0.6 is 0 Å². The third-order valence-electron chi connectivity index (χ3n) is 4.31. The van der Waals surface area contributed by atoms with Gasteiger partial charge >= 0.3 is 0 Å².